The molecule has 1 atom stereocenters. The van der Waals surface area contributed by atoms with Gasteiger partial charge in [0.25, 0.3) is 0 Å². The van der Waals surface area contributed by atoms with Gasteiger partial charge in [0.05, 0.1) is 0 Å². The van der Waals surface area contributed by atoms with Crippen molar-refractivity contribution < 1.29 is 0 Å². The summed E-state index contributed by atoms with van der Waals surface area (Å²) >= 11 is 0. The third-order valence-electron chi connectivity index (χ3n) is 5.60. The summed E-state index contributed by atoms with van der Waals surface area (Å²) < 4.78 is 1.77. The van der Waals surface area contributed by atoms with Crippen LogP contribution in [0.25, 0.3) is 0 Å². The van der Waals surface area contributed by atoms with Gasteiger partial charge in [0.15, 0.2) is 5.96 Å². The standard InChI is InChI=1S/C22H39N5O.HI/c1-19(2)20(26-14-8-4-5-9-15-26)18-25-22(23-3)24-13-7-11-17-27-16-10-6-12-21(27)28;/h6,10,12,16,19-20H,4-5,7-9,11,13-15,17-18H2,1-3H3,(H2,23,24,25);1H. The van der Waals surface area contributed by atoms with E-state index in [9.17, 15) is 4.79 Å². The molecular formula is C22H40IN5O. The minimum absolute atomic E-state index is 0. The van der Waals surface area contributed by atoms with Gasteiger partial charge in [0.2, 0.25) is 5.56 Å². The largest absolute Gasteiger partial charge is 0.356 e. The number of guanidine groups is 1. The fourth-order valence-electron chi connectivity index (χ4n) is 3.89. The van der Waals surface area contributed by atoms with Gasteiger partial charge in [-0.15, -0.1) is 24.0 Å². The molecule has 1 aliphatic heterocycles. The van der Waals surface area contributed by atoms with E-state index in [0.29, 0.717) is 12.0 Å². The molecule has 0 radical (unpaired) electrons. The average Bonchev–Trinajstić information content (AvgIpc) is 2.96. The maximum atomic E-state index is 11.7. The van der Waals surface area contributed by atoms with Crippen LogP contribution < -0.4 is 16.2 Å². The maximum Gasteiger partial charge on any atom is 0.250 e. The molecule has 1 aliphatic rings. The van der Waals surface area contributed by atoms with Gasteiger partial charge in [-0.05, 0) is 50.8 Å². The quantitative estimate of drug-likeness (QED) is 0.229. The van der Waals surface area contributed by atoms with Crippen molar-refractivity contribution in [1.29, 1.82) is 0 Å². The number of pyridine rings is 1. The van der Waals surface area contributed by atoms with Gasteiger partial charge in [-0.3, -0.25) is 14.7 Å². The fourth-order valence-corrected chi connectivity index (χ4v) is 3.89. The molecule has 7 heteroatoms. The van der Waals surface area contributed by atoms with Crippen LogP contribution in [0.1, 0.15) is 52.4 Å². The van der Waals surface area contributed by atoms with Gasteiger partial charge in [0, 0.05) is 45.0 Å². The highest BCUT2D eigenvalue weighted by Gasteiger charge is 2.22. The highest BCUT2D eigenvalue weighted by atomic mass is 127. The zero-order valence-electron chi connectivity index (χ0n) is 18.4. The Kier molecular flexibility index (Phi) is 13.3. The second-order valence-electron chi connectivity index (χ2n) is 8.08. The zero-order valence-corrected chi connectivity index (χ0v) is 20.7. The second kappa shape index (κ2) is 14.8. The summed E-state index contributed by atoms with van der Waals surface area (Å²) in [5.74, 6) is 1.49. The van der Waals surface area contributed by atoms with E-state index in [2.05, 4.69) is 34.4 Å². The Morgan fingerprint density at radius 1 is 1.10 bits per heavy atom. The number of aliphatic imine (C=N–C) groups is 1. The molecule has 0 aromatic carbocycles. The van der Waals surface area contributed by atoms with Gasteiger partial charge >= 0.3 is 0 Å². The number of unbranched alkanes of at least 4 members (excludes halogenated alkanes) is 1. The highest BCUT2D eigenvalue weighted by molar-refractivity contribution is 14.0. The Labute approximate surface area is 193 Å². The molecule has 2 rings (SSSR count). The topological polar surface area (TPSA) is 61.7 Å². The lowest BCUT2D eigenvalue weighted by Gasteiger charge is -2.34. The van der Waals surface area contributed by atoms with Crippen LogP contribution in [0.4, 0.5) is 0 Å². The molecule has 166 valence electrons. The Hall–Kier alpha value is -1.09. The molecule has 0 aliphatic carbocycles. The van der Waals surface area contributed by atoms with Gasteiger partial charge in [0.1, 0.15) is 0 Å². The van der Waals surface area contributed by atoms with E-state index in [4.69, 9.17) is 0 Å². The molecule has 1 aromatic rings. The number of hydrogen-bond acceptors (Lipinski definition) is 3. The molecule has 0 saturated carbocycles. The summed E-state index contributed by atoms with van der Waals surface area (Å²) in [6.45, 7) is 9.62. The number of aryl methyl sites for hydroxylation is 1. The number of halogens is 1. The Morgan fingerprint density at radius 3 is 2.45 bits per heavy atom. The number of aromatic nitrogens is 1. The normalized spacial score (nSPS) is 16.8. The van der Waals surface area contributed by atoms with Gasteiger partial charge < -0.3 is 15.2 Å². The van der Waals surface area contributed by atoms with Crippen LogP contribution in [-0.4, -0.2) is 54.7 Å². The molecule has 0 amide bonds. The number of nitrogens with zero attached hydrogens (tertiary/aromatic N) is 3. The van der Waals surface area contributed by atoms with Gasteiger partial charge in [-0.2, -0.15) is 0 Å². The first-order chi connectivity index (χ1) is 13.6. The molecule has 2 heterocycles. The van der Waals surface area contributed by atoms with E-state index < -0.39 is 0 Å². The molecule has 1 saturated heterocycles. The van der Waals surface area contributed by atoms with E-state index in [1.165, 1.54) is 38.8 Å². The minimum Gasteiger partial charge on any atom is -0.356 e. The number of nitrogens with one attached hydrogen (secondary N) is 2. The minimum atomic E-state index is 0. The molecule has 1 unspecified atom stereocenters. The van der Waals surface area contributed by atoms with E-state index in [0.717, 1.165) is 38.4 Å². The van der Waals surface area contributed by atoms with Gasteiger partial charge in [-0.25, -0.2) is 0 Å². The maximum absolute atomic E-state index is 11.7. The molecule has 1 fully saturated rings. The number of likely N-dealkylation sites (tertiary alicyclic amines) is 1. The van der Waals surface area contributed by atoms with Crippen molar-refractivity contribution in [3.05, 3.63) is 34.7 Å². The van der Waals surface area contributed by atoms with Crippen molar-refractivity contribution in [3.63, 3.8) is 0 Å². The Balaban J connectivity index is 0.00000420. The highest BCUT2D eigenvalue weighted by Crippen LogP contribution is 2.17. The molecule has 6 nitrogen and oxygen atoms in total. The lowest BCUT2D eigenvalue weighted by Crippen LogP contribution is -2.49. The molecule has 0 bridgehead atoms. The van der Waals surface area contributed by atoms with Crippen molar-refractivity contribution in [3.8, 4) is 0 Å². The Bertz CT molecular complexity index is 638. The Morgan fingerprint density at radius 2 is 1.83 bits per heavy atom. The van der Waals surface area contributed by atoms with Crippen LogP contribution in [0.2, 0.25) is 0 Å². The lowest BCUT2D eigenvalue weighted by atomic mass is 10.0. The fraction of sp³-hybridized carbons (Fsp3) is 0.727. The third-order valence-corrected chi connectivity index (χ3v) is 5.60. The summed E-state index contributed by atoms with van der Waals surface area (Å²) in [7, 11) is 1.83. The zero-order chi connectivity index (χ0) is 20.2. The summed E-state index contributed by atoms with van der Waals surface area (Å²) in [4.78, 5) is 18.7. The smallest absolute Gasteiger partial charge is 0.250 e. The van der Waals surface area contributed by atoms with Crippen molar-refractivity contribution in [2.45, 2.75) is 65.0 Å². The first-order valence-electron chi connectivity index (χ1n) is 11.0. The van der Waals surface area contributed by atoms with Crippen molar-refractivity contribution in [2.24, 2.45) is 10.9 Å². The van der Waals surface area contributed by atoms with Crippen molar-refractivity contribution in [1.82, 2.24) is 20.1 Å². The van der Waals surface area contributed by atoms with E-state index in [1.807, 2.05) is 19.3 Å². The summed E-state index contributed by atoms with van der Waals surface area (Å²) in [6.07, 6.45) is 9.20. The molecular weight excluding hydrogens is 477 g/mol. The van der Waals surface area contributed by atoms with Crippen LogP contribution >= 0.6 is 24.0 Å². The van der Waals surface area contributed by atoms with E-state index >= 15 is 0 Å². The average molecular weight is 518 g/mol. The van der Waals surface area contributed by atoms with Crippen molar-refractivity contribution in [2.75, 3.05) is 33.2 Å². The monoisotopic (exact) mass is 517 g/mol. The number of hydrogen-bond donors (Lipinski definition) is 2. The first-order valence-corrected chi connectivity index (χ1v) is 11.0. The van der Waals surface area contributed by atoms with Gasteiger partial charge in [-0.1, -0.05) is 32.8 Å². The SMILES string of the molecule is CN=C(NCCCCn1ccccc1=O)NCC(C(C)C)N1CCCCCC1.I. The summed E-state index contributed by atoms with van der Waals surface area (Å²) in [6, 6.07) is 5.84. The van der Waals surface area contributed by atoms with Crippen LogP contribution in [-0.2, 0) is 6.54 Å². The predicted molar refractivity (Wildman–Crippen MR) is 133 cm³/mol. The first kappa shape index (κ1) is 25.9. The second-order valence-corrected chi connectivity index (χ2v) is 8.08. The molecule has 29 heavy (non-hydrogen) atoms. The van der Waals surface area contributed by atoms with E-state index in [1.54, 1.807) is 16.7 Å². The molecule has 2 N–H and O–H groups in total. The lowest BCUT2D eigenvalue weighted by molar-refractivity contribution is 0.161. The summed E-state index contributed by atoms with van der Waals surface area (Å²) in [5, 5.41) is 6.94. The van der Waals surface area contributed by atoms with E-state index in [-0.39, 0.29) is 29.5 Å². The van der Waals surface area contributed by atoms with Crippen molar-refractivity contribution >= 4 is 29.9 Å². The number of rotatable bonds is 9. The summed E-state index contributed by atoms with van der Waals surface area (Å²) in [5.41, 5.74) is 0.0705. The predicted octanol–water partition coefficient (Wildman–Crippen LogP) is 3.31. The molecule has 0 spiro atoms. The third kappa shape index (κ3) is 9.51. The van der Waals surface area contributed by atoms with Crippen LogP contribution in [0.5, 0.6) is 0 Å². The van der Waals surface area contributed by atoms with Crippen LogP contribution in [0.15, 0.2) is 34.2 Å². The van der Waals surface area contributed by atoms with Crippen LogP contribution in [0.3, 0.4) is 0 Å². The molecule has 1 aromatic heterocycles. The van der Waals surface area contributed by atoms with Crippen LogP contribution in [0, 0.1) is 5.92 Å².